The number of ether oxygens (including phenoxy) is 2. The fourth-order valence-corrected chi connectivity index (χ4v) is 8.13. The number of fused-ring (bicyclic) bond motifs is 1. The lowest BCUT2D eigenvalue weighted by Gasteiger charge is -2.39. The Labute approximate surface area is 282 Å². The lowest BCUT2D eigenvalue weighted by atomic mass is 9.66. The summed E-state index contributed by atoms with van der Waals surface area (Å²) in [7, 11) is 1.57. The van der Waals surface area contributed by atoms with Gasteiger partial charge in [-0.3, -0.25) is 14.4 Å². The van der Waals surface area contributed by atoms with Gasteiger partial charge in [-0.25, -0.2) is 0 Å². The Hall–Kier alpha value is -4.73. The normalized spacial score (nSPS) is 26.1. The number of nitrogens with zero attached hydrogens (tertiary/aromatic N) is 3. The second kappa shape index (κ2) is 13.4. The molecule has 9 heteroatoms. The van der Waals surface area contributed by atoms with Gasteiger partial charge >= 0.3 is 0 Å². The first-order chi connectivity index (χ1) is 23.2. The molecule has 1 N–H and O–H groups in total. The van der Waals surface area contributed by atoms with Gasteiger partial charge in [-0.1, -0.05) is 72.8 Å². The van der Waals surface area contributed by atoms with Crippen molar-refractivity contribution < 1.29 is 29.0 Å². The number of carbonyl (C=O) groups is 3. The third-order valence-electron chi connectivity index (χ3n) is 10.2. The molecule has 1 spiro atoms. The Morgan fingerprint density at radius 3 is 2.23 bits per heavy atom. The van der Waals surface area contributed by atoms with Crippen molar-refractivity contribution in [1.82, 2.24) is 9.80 Å². The molecular weight excluding hydrogens is 606 g/mol. The van der Waals surface area contributed by atoms with E-state index in [1.165, 1.54) is 4.90 Å². The Bertz CT molecular complexity index is 1660. The first-order valence-electron chi connectivity index (χ1n) is 16.4. The van der Waals surface area contributed by atoms with E-state index in [1.54, 1.807) is 53.3 Å². The van der Waals surface area contributed by atoms with Crippen molar-refractivity contribution in [2.24, 2.45) is 11.8 Å². The van der Waals surface area contributed by atoms with Gasteiger partial charge in [-0.05, 0) is 55.2 Å². The fraction of sp³-hybridized carbons (Fsp3) is 0.359. The van der Waals surface area contributed by atoms with Crippen LogP contribution in [0.15, 0.2) is 110 Å². The molecular formula is C39H43N3O6. The molecule has 9 nitrogen and oxygen atoms in total. The van der Waals surface area contributed by atoms with E-state index in [9.17, 15) is 14.7 Å². The maximum Gasteiger partial charge on any atom is 0.253 e. The highest BCUT2D eigenvalue weighted by molar-refractivity contribution is 6.05. The van der Waals surface area contributed by atoms with Crippen molar-refractivity contribution in [1.29, 1.82) is 0 Å². The van der Waals surface area contributed by atoms with Crippen LogP contribution in [-0.2, 0) is 25.7 Å². The molecule has 250 valence electrons. The Balaban J connectivity index is 1.46. The summed E-state index contributed by atoms with van der Waals surface area (Å²) in [4.78, 5) is 49.5. The first-order valence-corrected chi connectivity index (χ1v) is 16.4. The quantitative estimate of drug-likeness (QED) is 0.264. The van der Waals surface area contributed by atoms with Crippen LogP contribution in [-0.4, -0.2) is 76.7 Å². The standard InChI is InChI=1S/C39H43N3O6/c1-5-23-40(25-27-13-9-7-10-14-27)35(44)32-33-36(45)42(31(26-43)28-15-11-8-12-16-28)34(39(33)22-21-38(32,3)48-39)37(46)41(24-6-2)29-17-19-30(47-4)20-18-29/h5-20,31-34,43H,1-2,21-26H2,3-4H3/t31-,32+,33+,34?,38-,39?/m1/s1. The molecule has 3 fully saturated rings. The Kier molecular flexibility index (Phi) is 9.27. The van der Waals surface area contributed by atoms with Gasteiger partial charge in [0.25, 0.3) is 5.91 Å². The molecule has 48 heavy (non-hydrogen) atoms. The van der Waals surface area contributed by atoms with Crippen molar-refractivity contribution >= 4 is 23.4 Å². The van der Waals surface area contributed by atoms with Gasteiger partial charge in [0.15, 0.2) is 0 Å². The van der Waals surface area contributed by atoms with Crippen LogP contribution >= 0.6 is 0 Å². The Morgan fingerprint density at radius 2 is 1.62 bits per heavy atom. The molecule has 0 aromatic heterocycles. The van der Waals surface area contributed by atoms with Crippen LogP contribution in [0, 0.1) is 11.8 Å². The number of hydrogen-bond donors (Lipinski definition) is 1. The van der Waals surface area contributed by atoms with Gasteiger partial charge in [0, 0.05) is 25.3 Å². The van der Waals surface area contributed by atoms with Crippen LogP contribution in [0.3, 0.4) is 0 Å². The largest absolute Gasteiger partial charge is 0.497 e. The topological polar surface area (TPSA) is 99.6 Å². The number of aliphatic hydroxyl groups is 1. The van der Waals surface area contributed by atoms with E-state index in [2.05, 4.69) is 13.2 Å². The zero-order chi connectivity index (χ0) is 34.1. The van der Waals surface area contributed by atoms with E-state index < -0.39 is 41.7 Å². The molecule has 3 aliphatic rings. The number of aliphatic hydroxyl groups excluding tert-OH is 1. The molecule has 2 unspecified atom stereocenters. The van der Waals surface area contributed by atoms with E-state index >= 15 is 4.79 Å². The van der Waals surface area contributed by atoms with Crippen molar-refractivity contribution in [2.45, 2.75) is 49.6 Å². The molecule has 3 saturated heterocycles. The minimum absolute atomic E-state index is 0.170. The highest BCUT2D eigenvalue weighted by Crippen LogP contribution is 2.64. The van der Waals surface area contributed by atoms with E-state index in [0.717, 1.165) is 5.56 Å². The number of anilines is 1. The number of benzene rings is 3. The SMILES string of the molecule is C=CCN(Cc1ccccc1)C(=O)[C@@H]1[C@H]2C(=O)N([C@H](CO)c3ccccc3)C(C(=O)N(CC=C)c3ccc(OC)cc3)C23CC[C@@]1(C)O3. The Morgan fingerprint density at radius 1 is 0.979 bits per heavy atom. The smallest absolute Gasteiger partial charge is 0.253 e. The number of likely N-dealkylation sites (tertiary alicyclic amines) is 1. The van der Waals surface area contributed by atoms with Gasteiger partial charge in [0.05, 0.1) is 37.2 Å². The number of amides is 3. The summed E-state index contributed by atoms with van der Waals surface area (Å²) in [5, 5.41) is 10.9. The van der Waals surface area contributed by atoms with Crippen LogP contribution in [0.25, 0.3) is 0 Å². The van der Waals surface area contributed by atoms with Crippen LogP contribution in [0.1, 0.15) is 36.9 Å². The highest BCUT2D eigenvalue weighted by Gasteiger charge is 2.79. The van der Waals surface area contributed by atoms with Gasteiger partial charge in [0.2, 0.25) is 11.8 Å². The summed E-state index contributed by atoms with van der Waals surface area (Å²) in [6.45, 7) is 10.1. The van der Waals surface area contributed by atoms with Gasteiger partial charge in [-0.2, -0.15) is 0 Å². The minimum Gasteiger partial charge on any atom is -0.497 e. The molecule has 3 heterocycles. The molecule has 0 radical (unpaired) electrons. The molecule has 3 amide bonds. The summed E-state index contributed by atoms with van der Waals surface area (Å²) in [6, 6.07) is 24.0. The number of carbonyl (C=O) groups excluding carboxylic acids is 3. The fourth-order valence-electron chi connectivity index (χ4n) is 8.13. The van der Waals surface area contributed by atoms with Crippen LogP contribution in [0.5, 0.6) is 5.75 Å². The summed E-state index contributed by atoms with van der Waals surface area (Å²) in [5.74, 6) is -2.09. The van der Waals surface area contributed by atoms with Gasteiger partial charge in [-0.15, -0.1) is 13.2 Å². The maximum atomic E-state index is 15.1. The predicted octanol–water partition coefficient (Wildman–Crippen LogP) is 4.93. The molecule has 3 aliphatic heterocycles. The molecule has 0 aliphatic carbocycles. The van der Waals surface area contributed by atoms with Crippen molar-refractivity contribution in [2.75, 3.05) is 31.7 Å². The third-order valence-corrected chi connectivity index (χ3v) is 10.2. The van der Waals surface area contributed by atoms with Crippen molar-refractivity contribution in [3.63, 3.8) is 0 Å². The lowest BCUT2D eigenvalue weighted by Crippen LogP contribution is -2.57. The highest BCUT2D eigenvalue weighted by atomic mass is 16.5. The number of hydrogen-bond acceptors (Lipinski definition) is 6. The summed E-state index contributed by atoms with van der Waals surface area (Å²) < 4.78 is 12.3. The summed E-state index contributed by atoms with van der Waals surface area (Å²) in [5.41, 5.74) is -0.0247. The lowest BCUT2D eigenvalue weighted by molar-refractivity contribution is -0.152. The van der Waals surface area contributed by atoms with E-state index in [4.69, 9.17) is 9.47 Å². The maximum absolute atomic E-state index is 15.1. The summed E-state index contributed by atoms with van der Waals surface area (Å²) in [6.07, 6.45) is 4.23. The second-order valence-electron chi connectivity index (χ2n) is 13.0. The summed E-state index contributed by atoms with van der Waals surface area (Å²) >= 11 is 0. The van der Waals surface area contributed by atoms with E-state index in [1.807, 2.05) is 67.6 Å². The van der Waals surface area contributed by atoms with Crippen molar-refractivity contribution in [3.8, 4) is 5.75 Å². The number of methoxy groups -OCH3 is 1. The molecule has 3 aromatic rings. The van der Waals surface area contributed by atoms with Crippen LogP contribution in [0.4, 0.5) is 5.69 Å². The molecule has 2 bridgehead atoms. The van der Waals surface area contributed by atoms with Gasteiger partial charge < -0.3 is 29.3 Å². The average Bonchev–Trinajstić information content (AvgIpc) is 3.68. The average molecular weight is 650 g/mol. The van der Waals surface area contributed by atoms with Gasteiger partial charge in [0.1, 0.15) is 17.4 Å². The van der Waals surface area contributed by atoms with Crippen LogP contribution < -0.4 is 9.64 Å². The van der Waals surface area contributed by atoms with E-state index in [0.29, 0.717) is 36.4 Å². The van der Waals surface area contributed by atoms with E-state index in [-0.39, 0.29) is 30.8 Å². The zero-order valence-corrected chi connectivity index (χ0v) is 27.5. The second-order valence-corrected chi connectivity index (χ2v) is 13.0. The monoisotopic (exact) mass is 649 g/mol. The van der Waals surface area contributed by atoms with Crippen LogP contribution in [0.2, 0.25) is 0 Å². The first kappa shape index (κ1) is 33.2. The minimum atomic E-state index is -1.29. The molecule has 6 rings (SSSR count). The van der Waals surface area contributed by atoms with Crippen molar-refractivity contribution in [3.05, 3.63) is 121 Å². The zero-order valence-electron chi connectivity index (χ0n) is 27.5. The number of rotatable bonds is 13. The molecule has 6 atom stereocenters. The third kappa shape index (κ3) is 5.50. The molecule has 3 aromatic carbocycles. The predicted molar refractivity (Wildman–Crippen MR) is 183 cm³/mol. The molecule has 0 saturated carbocycles.